The third kappa shape index (κ3) is 2.24. The van der Waals surface area contributed by atoms with E-state index in [4.69, 9.17) is 4.42 Å². The van der Waals surface area contributed by atoms with Crippen LogP contribution in [0.25, 0.3) is 5.69 Å². The van der Waals surface area contributed by atoms with Gasteiger partial charge in [-0.2, -0.15) is 5.10 Å². The van der Waals surface area contributed by atoms with Gasteiger partial charge in [0.1, 0.15) is 5.69 Å². The Morgan fingerprint density at radius 3 is 2.63 bits per heavy atom. The largest absolute Gasteiger partial charge is 0.460 e. The molecule has 0 aliphatic carbocycles. The molecule has 0 fully saturated rings. The molecule has 3 aromatic rings. The molecule has 0 radical (unpaired) electrons. The zero-order valence-corrected chi connectivity index (χ0v) is 11.4. The molecule has 0 saturated heterocycles. The molecule has 4 nitrogen and oxygen atoms in total. The first-order valence-electron chi connectivity index (χ1n) is 5.64. The highest BCUT2D eigenvalue weighted by atomic mass is 79.9. The summed E-state index contributed by atoms with van der Waals surface area (Å²) in [5, 5.41) is 4.26. The number of hydrogen-bond donors (Lipinski definition) is 0. The van der Waals surface area contributed by atoms with Gasteiger partial charge in [-0.05, 0) is 40.2 Å². The van der Waals surface area contributed by atoms with Crippen LogP contribution in [-0.2, 0) is 0 Å². The van der Waals surface area contributed by atoms with Crippen molar-refractivity contribution >= 4 is 21.7 Å². The van der Waals surface area contributed by atoms with Gasteiger partial charge in [-0.1, -0.05) is 18.2 Å². The van der Waals surface area contributed by atoms with E-state index in [9.17, 15) is 4.79 Å². The van der Waals surface area contributed by atoms with Crippen LogP contribution in [-0.4, -0.2) is 15.6 Å². The average Bonchev–Trinajstić information content (AvgIpc) is 3.08. The van der Waals surface area contributed by atoms with E-state index in [1.54, 1.807) is 23.0 Å². The normalized spacial score (nSPS) is 10.6. The van der Waals surface area contributed by atoms with Gasteiger partial charge in [0.05, 0.1) is 16.4 Å². The second kappa shape index (κ2) is 4.85. The predicted molar refractivity (Wildman–Crippen MR) is 73.4 cm³/mol. The van der Waals surface area contributed by atoms with E-state index in [0.29, 0.717) is 10.2 Å². The molecule has 0 aliphatic rings. The van der Waals surface area contributed by atoms with Crippen LogP contribution in [0, 0.1) is 0 Å². The summed E-state index contributed by atoms with van der Waals surface area (Å²) in [7, 11) is 0. The Labute approximate surface area is 117 Å². The topological polar surface area (TPSA) is 48.0 Å². The van der Waals surface area contributed by atoms with Crippen molar-refractivity contribution in [2.75, 3.05) is 0 Å². The van der Waals surface area contributed by atoms with Gasteiger partial charge in [0.2, 0.25) is 5.78 Å². The maximum absolute atomic E-state index is 12.2. The van der Waals surface area contributed by atoms with E-state index < -0.39 is 0 Å². The monoisotopic (exact) mass is 316 g/mol. The maximum atomic E-state index is 12.2. The van der Waals surface area contributed by atoms with Gasteiger partial charge in [0.25, 0.3) is 0 Å². The van der Waals surface area contributed by atoms with Crippen LogP contribution >= 0.6 is 15.9 Å². The van der Waals surface area contributed by atoms with Crippen LogP contribution < -0.4 is 0 Å². The highest BCUT2D eigenvalue weighted by Gasteiger charge is 2.18. The van der Waals surface area contributed by atoms with Gasteiger partial charge in [0.15, 0.2) is 5.76 Å². The van der Waals surface area contributed by atoms with Crippen LogP contribution in [0.15, 0.2) is 63.8 Å². The van der Waals surface area contributed by atoms with E-state index >= 15 is 0 Å². The molecule has 19 heavy (non-hydrogen) atoms. The molecule has 0 N–H and O–H groups in total. The first-order valence-corrected chi connectivity index (χ1v) is 6.44. The fourth-order valence-electron chi connectivity index (χ4n) is 1.74. The molecule has 2 heterocycles. The number of nitrogens with zero attached hydrogens (tertiary/aromatic N) is 2. The molecule has 5 heteroatoms. The lowest BCUT2D eigenvalue weighted by Gasteiger charge is -1.99. The number of ketones is 1. The van der Waals surface area contributed by atoms with Crippen molar-refractivity contribution in [2.45, 2.75) is 0 Å². The highest BCUT2D eigenvalue weighted by molar-refractivity contribution is 9.10. The SMILES string of the molecule is O=C(c1ccn(-c2ccccc2)n1)c1occc1Br. The van der Waals surface area contributed by atoms with Crippen molar-refractivity contribution in [3.05, 3.63) is 70.9 Å². The minimum Gasteiger partial charge on any atom is -0.460 e. The number of benzene rings is 1. The molecule has 3 rings (SSSR count). The summed E-state index contributed by atoms with van der Waals surface area (Å²) in [6, 6.07) is 13.0. The standard InChI is InChI=1S/C14H9BrN2O2/c15-11-7-9-19-14(11)13(18)12-6-8-17(16-12)10-4-2-1-3-5-10/h1-9H. The number of carbonyl (C=O) groups is 1. The van der Waals surface area contributed by atoms with Crippen molar-refractivity contribution < 1.29 is 9.21 Å². The molecule has 0 unspecified atom stereocenters. The van der Waals surface area contributed by atoms with Gasteiger partial charge in [0, 0.05) is 6.20 Å². The predicted octanol–water partition coefficient (Wildman–Crippen LogP) is 3.46. The van der Waals surface area contributed by atoms with Gasteiger partial charge in [-0.3, -0.25) is 4.79 Å². The van der Waals surface area contributed by atoms with Crippen LogP contribution in [0.1, 0.15) is 16.2 Å². The molecule has 94 valence electrons. The number of aromatic nitrogens is 2. The smallest absolute Gasteiger partial charge is 0.249 e. The third-order valence-electron chi connectivity index (χ3n) is 2.67. The van der Waals surface area contributed by atoms with Gasteiger partial charge >= 0.3 is 0 Å². The number of hydrogen-bond acceptors (Lipinski definition) is 3. The fourth-order valence-corrected chi connectivity index (χ4v) is 2.12. The Kier molecular flexibility index (Phi) is 3.05. The summed E-state index contributed by atoms with van der Waals surface area (Å²) >= 11 is 3.27. The van der Waals surface area contributed by atoms with Gasteiger partial charge in [-0.15, -0.1) is 0 Å². The van der Waals surface area contributed by atoms with Gasteiger partial charge in [-0.25, -0.2) is 4.68 Å². The van der Waals surface area contributed by atoms with Crippen molar-refractivity contribution in [3.63, 3.8) is 0 Å². The lowest BCUT2D eigenvalue weighted by atomic mass is 10.2. The first-order chi connectivity index (χ1) is 9.25. The molecular formula is C14H9BrN2O2. The van der Waals surface area contributed by atoms with E-state index in [0.717, 1.165) is 5.69 Å². The second-order valence-corrected chi connectivity index (χ2v) is 4.76. The molecule has 2 aromatic heterocycles. The maximum Gasteiger partial charge on any atom is 0.249 e. The summed E-state index contributed by atoms with van der Waals surface area (Å²) in [6.07, 6.45) is 3.21. The molecule has 0 bridgehead atoms. The molecule has 0 amide bonds. The minimum absolute atomic E-state index is 0.244. The number of furan rings is 1. The number of rotatable bonds is 3. The van der Waals surface area contributed by atoms with Crippen molar-refractivity contribution in [2.24, 2.45) is 0 Å². The van der Waals surface area contributed by atoms with Crippen LogP contribution in [0.2, 0.25) is 0 Å². The van der Waals surface area contributed by atoms with Crippen LogP contribution in [0.3, 0.4) is 0 Å². The lowest BCUT2D eigenvalue weighted by Crippen LogP contribution is -2.03. The minimum atomic E-state index is -0.244. The number of carbonyl (C=O) groups excluding carboxylic acids is 1. The summed E-state index contributed by atoms with van der Waals surface area (Å²) in [5.41, 5.74) is 1.25. The van der Waals surface area contributed by atoms with Crippen LogP contribution in [0.5, 0.6) is 0 Å². The average molecular weight is 317 g/mol. The second-order valence-electron chi connectivity index (χ2n) is 3.91. The Morgan fingerprint density at radius 2 is 1.95 bits per heavy atom. The zero-order valence-electron chi connectivity index (χ0n) is 9.79. The van der Waals surface area contributed by atoms with Crippen molar-refractivity contribution in [3.8, 4) is 5.69 Å². The lowest BCUT2D eigenvalue weighted by molar-refractivity contribution is 0.100. The Morgan fingerprint density at radius 1 is 1.16 bits per heavy atom. The summed E-state index contributed by atoms with van der Waals surface area (Å²) in [4.78, 5) is 12.2. The fraction of sp³-hybridized carbons (Fsp3) is 0. The Balaban J connectivity index is 1.94. The summed E-state index contributed by atoms with van der Waals surface area (Å²) < 4.78 is 7.44. The zero-order chi connectivity index (χ0) is 13.2. The molecular weight excluding hydrogens is 308 g/mol. The van der Waals surface area contributed by atoms with Gasteiger partial charge < -0.3 is 4.42 Å². The number of para-hydroxylation sites is 1. The van der Waals surface area contributed by atoms with E-state index in [-0.39, 0.29) is 11.5 Å². The van der Waals surface area contributed by atoms with E-state index in [2.05, 4.69) is 21.0 Å². The molecule has 1 aromatic carbocycles. The van der Waals surface area contributed by atoms with E-state index in [1.807, 2.05) is 30.3 Å². The third-order valence-corrected chi connectivity index (χ3v) is 3.29. The first kappa shape index (κ1) is 11.9. The highest BCUT2D eigenvalue weighted by Crippen LogP contribution is 2.20. The molecule has 0 aliphatic heterocycles. The van der Waals surface area contributed by atoms with Crippen LogP contribution in [0.4, 0.5) is 0 Å². The molecule has 0 spiro atoms. The summed E-state index contributed by atoms with van der Waals surface area (Å²) in [6.45, 7) is 0. The van der Waals surface area contributed by atoms with Crippen molar-refractivity contribution in [1.82, 2.24) is 9.78 Å². The summed E-state index contributed by atoms with van der Waals surface area (Å²) in [5.74, 6) is 0.0184. The Hall–Kier alpha value is -2.14. The molecule has 0 atom stereocenters. The number of halogens is 1. The van der Waals surface area contributed by atoms with Crippen molar-refractivity contribution in [1.29, 1.82) is 0 Å². The molecule has 0 saturated carbocycles. The van der Waals surface area contributed by atoms with E-state index in [1.165, 1.54) is 6.26 Å². The Bertz CT molecular complexity index is 716. The quantitative estimate of drug-likeness (QED) is 0.695.